The summed E-state index contributed by atoms with van der Waals surface area (Å²) in [6.07, 6.45) is -2.45. The van der Waals surface area contributed by atoms with Crippen molar-refractivity contribution in [2.75, 3.05) is 23.3 Å². The molecule has 0 radical (unpaired) electrons. The minimum absolute atomic E-state index is 0.180. The highest BCUT2D eigenvalue weighted by Crippen LogP contribution is 2.36. The summed E-state index contributed by atoms with van der Waals surface area (Å²) in [7, 11) is 0. The quantitative estimate of drug-likeness (QED) is 0.860. The van der Waals surface area contributed by atoms with E-state index in [0.717, 1.165) is 38.1 Å². The third-order valence-corrected chi connectivity index (χ3v) is 3.41. The van der Waals surface area contributed by atoms with E-state index in [1.165, 1.54) is 13.0 Å². The molecular formula is C15H17F3N2O. The molecule has 1 aliphatic heterocycles. The van der Waals surface area contributed by atoms with Crippen molar-refractivity contribution in [3.63, 3.8) is 0 Å². The largest absolute Gasteiger partial charge is 0.416 e. The number of carbonyl (C=O) groups excluding carboxylic acids is 1. The highest BCUT2D eigenvalue weighted by Gasteiger charge is 2.32. The number of rotatable bonds is 3. The zero-order chi connectivity index (χ0) is 15.6. The van der Waals surface area contributed by atoms with Gasteiger partial charge in [-0.25, -0.2) is 0 Å². The molecule has 0 unspecified atom stereocenters. The average Bonchev–Trinajstić information content (AvgIpc) is 2.91. The predicted molar refractivity (Wildman–Crippen MR) is 76.3 cm³/mol. The first kappa shape index (κ1) is 15.4. The Kier molecular flexibility index (Phi) is 4.25. The maximum atomic E-state index is 12.8. The van der Waals surface area contributed by atoms with E-state index in [1.807, 2.05) is 4.90 Å². The van der Waals surface area contributed by atoms with Gasteiger partial charge in [0.25, 0.3) is 5.91 Å². The first-order chi connectivity index (χ1) is 9.79. The van der Waals surface area contributed by atoms with Gasteiger partial charge in [0.05, 0.1) is 16.9 Å². The molecular weight excluding hydrogens is 281 g/mol. The maximum absolute atomic E-state index is 12.8. The van der Waals surface area contributed by atoms with Crippen molar-refractivity contribution in [3.05, 3.63) is 35.9 Å². The van der Waals surface area contributed by atoms with E-state index in [9.17, 15) is 18.0 Å². The molecule has 21 heavy (non-hydrogen) atoms. The first-order valence-electron chi connectivity index (χ1n) is 6.72. The summed E-state index contributed by atoms with van der Waals surface area (Å²) in [5, 5.41) is 2.52. The Morgan fingerprint density at radius 3 is 2.43 bits per heavy atom. The van der Waals surface area contributed by atoms with Crippen LogP contribution in [0.5, 0.6) is 0 Å². The fourth-order valence-corrected chi connectivity index (χ4v) is 2.28. The molecule has 1 saturated heterocycles. The van der Waals surface area contributed by atoms with E-state index in [2.05, 4.69) is 11.9 Å². The van der Waals surface area contributed by atoms with E-state index < -0.39 is 17.6 Å². The van der Waals surface area contributed by atoms with E-state index in [-0.39, 0.29) is 11.3 Å². The van der Waals surface area contributed by atoms with Crippen LogP contribution in [0, 0.1) is 0 Å². The Labute approximate surface area is 121 Å². The SMILES string of the molecule is C=C(C)C(=O)Nc1cc(C(F)(F)F)ccc1N1CCCC1. The van der Waals surface area contributed by atoms with Gasteiger partial charge in [0.1, 0.15) is 0 Å². The number of anilines is 2. The van der Waals surface area contributed by atoms with Gasteiger partial charge < -0.3 is 10.2 Å². The molecule has 1 aromatic carbocycles. The number of halogens is 3. The van der Waals surface area contributed by atoms with Crippen LogP contribution in [0.3, 0.4) is 0 Å². The number of carbonyl (C=O) groups is 1. The summed E-state index contributed by atoms with van der Waals surface area (Å²) in [6, 6.07) is 3.45. The van der Waals surface area contributed by atoms with Crippen molar-refractivity contribution in [1.82, 2.24) is 0 Å². The Morgan fingerprint density at radius 2 is 1.90 bits per heavy atom. The standard InChI is InChI=1S/C15H17F3N2O/c1-10(2)14(21)19-12-9-11(15(16,17)18)5-6-13(12)20-7-3-4-8-20/h5-6,9H,1,3-4,7-8H2,2H3,(H,19,21). The summed E-state index contributed by atoms with van der Waals surface area (Å²) in [4.78, 5) is 13.7. The summed E-state index contributed by atoms with van der Waals surface area (Å²) < 4.78 is 38.5. The molecule has 0 bridgehead atoms. The summed E-state index contributed by atoms with van der Waals surface area (Å²) in [5.74, 6) is -0.477. The second-order valence-corrected chi connectivity index (χ2v) is 5.16. The minimum Gasteiger partial charge on any atom is -0.370 e. The molecule has 3 nitrogen and oxygen atoms in total. The first-order valence-corrected chi connectivity index (χ1v) is 6.72. The number of amides is 1. The molecule has 0 aromatic heterocycles. The van der Waals surface area contributed by atoms with Gasteiger partial charge in [0, 0.05) is 18.7 Å². The molecule has 1 aromatic rings. The van der Waals surface area contributed by atoms with Crippen LogP contribution < -0.4 is 10.2 Å². The van der Waals surface area contributed by atoms with Gasteiger partial charge >= 0.3 is 6.18 Å². The van der Waals surface area contributed by atoms with E-state index in [1.54, 1.807) is 0 Å². The number of benzene rings is 1. The smallest absolute Gasteiger partial charge is 0.370 e. The highest BCUT2D eigenvalue weighted by molar-refractivity contribution is 6.04. The van der Waals surface area contributed by atoms with Crippen LogP contribution >= 0.6 is 0 Å². The second kappa shape index (κ2) is 5.79. The average molecular weight is 298 g/mol. The van der Waals surface area contributed by atoms with Gasteiger partial charge in [0.2, 0.25) is 0 Å². The van der Waals surface area contributed by atoms with Crippen LogP contribution in [0.1, 0.15) is 25.3 Å². The topological polar surface area (TPSA) is 32.3 Å². The molecule has 0 aliphatic carbocycles. The van der Waals surface area contributed by atoms with E-state index >= 15 is 0 Å². The van der Waals surface area contributed by atoms with Crippen molar-refractivity contribution >= 4 is 17.3 Å². The zero-order valence-electron chi connectivity index (χ0n) is 11.8. The zero-order valence-corrected chi connectivity index (χ0v) is 11.8. The molecule has 1 heterocycles. The van der Waals surface area contributed by atoms with Gasteiger partial charge in [-0.2, -0.15) is 13.2 Å². The molecule has 6 heteroatoms. The van der Waals surface area contributed by atoms with Crippen molar-refractivity contribution in [1.29, 1.82) is 0 Å². The highest BCUT2D eigenvalue weighted by atomic mass is 19.4. The molecule has 1 N–H and O–H groups in total. The monoisotopic (exact) mass is 298 g/mol. The maximum Gasteiger partial charge on any atom is 0.416 e. The molecule has 114 valence electrons. The van der Waals surface area contributed by atoms with Crippen LogP contribution in [0.2, 0.25) is 0 Å². The normalized spacial score (nSPS) is 15.1. The molecule has 0 atom stereocenters. The summed E-state index contributed by atoms with van der Waals surface area (Å²) in [6.45, 7) is 6.57. The minimum atomic E-state index is -4.44. The Balaban J connectivity index is 2.39. The molecule has 1 fully saturated rings. The van der Waals surface area contributed by atoms with Crippen LogP contribution in [0.25, 0.3) is 0 Å². The molecule has 1 amide bonds. The summed E-state index contributed by atoms with van der Waals surface area (Å²) in [5.41, 5.74) is 0.275. The van der Waals surface area contributed by atoms with Gasteiger partial charge in [-0.05, 0) is 38.0 Å². The van der Waals surface area contributed by atoms with Crippen LogP contribution in [-0.2, 0) is 11.0 Å². The molecule has 2 rings (SSSR count). The van der Waals surface area contributed by atoms with Crippen LogP contribution in [0.4, 0.5) is 24.5 Å². The lowest BCUT2D eigenvalue weighted by Crippen LogP contribution is -2.22. The lowest BCUT2D eigenvalue weighted by molar-refractivity contribution is -0.137. The fraction of sp³-hybridized carbons (Fsp3) is 0.400. The van der Waals surface area contributed by atoms with Gasteiger partial charge in [-0.15, -0.1) is 0 Å². The van der Waals surface area contributed by atoms with Crippen LogP contribution in [0.15, 0.2) is 30.4 Å². The Morgan fingerprint density at radius 1 is 1.29 bits per heavy atom. The molecule has 0 saturated carbocycles. The summed E-state index contributed by atoms with van der Waals surface area (Å²) >= 11 is 0. The Hall–Kier alpha value is -1.98. The van der Waals surface area contributed by atoms with Crippen molar-refractivity contribution in [3.8, 4) is 0 Å². The van der Waals surface area contributed by atoms with Crippen molar-refractivity contribution < 1.29 is 18.0 Å². The van der Waals surface area contributed by atoms with Gasteiger partial charge in [-0.1, -0.05) is 6.58 Å². The lowest BCUT2D eigenvalue weighted by Gasteiger charge is -2.23. The molecule has 1 aliphatic rings. The van der Waals surface area contributed by atoms with Crippen LogP contribution in [-0.4, -0.2) is 19.0 Å². The number of alkyl halides is 3. The fourth-order valence-electron chi connectivity index (χ4n) is 2.28. The predicted octanol–water partition coefficient (Wildman–Crippen LogP) is 3.82. The number of hydrogen-bond acceptors (Lipinski definition) is 2. The second-order valence-electron chi connectivity index (χ2n) is 5.16. The number of nitrogens with zero attached hydrogens (tertiary/aromatic N) is 1. The Bertz CT molecular complexity index is 561. The third kappa shape index (κ3) is 3.56. The van der Waals surface area contributed by atoms with Gasteiger partial charge in [0.15, 0.2) is 0 Å². The third-order valence-electron chi connectivity index (χ3n) is 3.41. The van der Waals surface area contributed by atoms with E-state index in [4.69, 9.17) is 0 Å². The van der Waals surface area contributed by atoms with E-state index in [0.29, 0.717) is 5.69 Å². The van der Waals surface area contributed by atoms with Crippen molar-refractivity contribution in [2.45, 2.75) is 25.9 Å². The molecule has 0 spiro atoms. The number of nitrogens with one attached hydrogen (secondary N) is 1. The number of hydrogen-bond donors (Lipinski definition) is 1. The van der Waals surface area contributed by atoms with Gasteiger partial charge in [-0.3, -0.25) is 4.79 Å². The van der Waals surface area contributed by atoms with Crippen molar-refractivity contribution in [2.24, 2.45) is 0 Å². The lowest BCUT2D eigenvalue weighted by atomic mass is 10.1.